The molecule has 1 atom stereocenters. The predicted octanol–water partition coefficient (Wildman–Crippen LogP) is 1.79. The smallest absolute Gasteiger partial charge is 0.409 e. The van der Waals surface area contributed by atoms with Gasteiger partial charge in [-0.15, -0.1) is 11.6 Å². The minimum absolute atomic E-state index is 0.0220. The normalized spacial score (nSPS) is 15.6. The first-order valence-corrected chi connectivity index (χ1v) is 7.52. The molecular weight excluding hydrogens is 324 g/mol. The van der Waals surface area contributed by atoms with Crippen LogP contribution in [-0.4, -0.2) is 44.7 Å². The summed E-state index contributed by atoms with van der Waals surface area (Å²) in [6.45, 7) is 2.29. The van der Waals surface area contributed by atoms with Crippen molar-refractivity contribution in [1.29, 1.82) is 0 Å². The summed E-state index contributed by atoms with van der Waals surface area (Å²) < 4.78 is 9.72. The SMILES string of the molecule is COC(=O)NC1Nc2cc(C)ccc2N1C(=O)NCOCCCl. The molecule has 1 heterocycles. The van der Waals surface area contributed by atoms with Gasteiger partial charge in [0.15, 0.2) is 6.29 Å². The molecule has 1 aromatic carbocycles. The van der Waals surface area contributed by atoms with Gasteiger partial charge in [-0.25, -0.2) is 9.59 Å². The number of carbonyl (C=O) groups excluding carboxylic acids is 2. The quantitative estimate of drug-likeness (QED) is 0.431. The second-order valence-electron chi connectivity index (χ2n) is 4.80. The fourth-order valence-corrected chi connectivity index (χ4v) is 2.26. The van der Waals surface area contributed by atoms with E-state index in [4.69, 9.17) is 16.3 Å². The van der Waals surface area contributed by atoms with Crippen molar-refractivity contribution < 1.29 is 19.1 Å². The summed E-state index contributed by atoms with van der Waals surface area (Å²) in [5.41, 5.74) is 2.41. The van der Waals surface area contributed by atoms with Gasteiger partial charge in [0.1, 0.15) is 6.73 Å². The summed E-state index contributed by atoms with van der Waals surface area (Å²) in [6, 6.07) is 5.15. The van der Waals surface area contributed by atoms with E-state index in [0.717, 1.165) is 11.3 Å². The Morgan fingerprint density at radius 3 is 2.91 bits per heavy atom. The highest BCUT2D eigenvalue weighted by atomic mass is 35.5. The van der Waals surface area contributed by atoms with E-state index in [1.165, 1.54) is 12.0 Å². The van der Waals surface area contributed by atoms with Crippen molar-refractivity contribution in [3.05, 3.63) is 23.8 Å². The summed E-state index contributed by atoms with van der Waals surface area (Å²) in [5, 5.41) is 8.23. The van der Waals surface area contributed by atoms with E-state index in [-0.39, 0.29) is 6.73 Å². The molecule has 3 N–H and O–H groups in total. The first-order chi connectivity index (χ1) is 11.1. The Morgan fingerprint density at radius 2 is 2.22 bits per heavy atom. The Kier molecular flexibility index (Phi) is 5.89. The van der Waals surface area contributed by atoms with E-state index < -0.39 is 18.4 Å². The molecule has 3 amide bonds. The Bertz CT molecular complexity index is 584. The third-order valence-electron chi connectivity index (χ3n) is 3.17. The van der Waals surface area contributed by atoms with Crippen LogP contribution in [0, 0.1) is 6.92 Å². The standard InChI is InChI=1S/C14H19ClN4O4/c1-9-3-4-11-10(7-9)17-12(18-14(21)22-2)19(11)13(20)16-8-23-6-5-15/h3-4,7,12,17H,5-6,8H2,1-2H3,(H,16,20)(H,18,21). The van der Waals surface area contributed by atoms with Crippen molar-refractivity contribution in [1.82, 2.24) is 10.6 Å². The molecule has 126 valence electrons. The van der Waals surface area contributed by atoms with Crippen LogP contribution in [0.4, 0.5) is 21.0 Å². The zero-order chi connectivity index (χ0) is 16.8. The minimum Gasteiger partial charge on any atom is -0.453 e. The Balaban J connectivity index is 2.13. The number of carbonyl (C=O) groups is 2. The lowest BCUT2D eigenvalue weighted by Crippen LogP contribution is -2.55. The molecule has 0 spiro atoms. The average Bonchev–Trinajstić information content (AvgIpc) is 2.88. The third kappa shape index (κ3) is 4.17. The van der Waals surface area contributed by atoms with Crippen molar-refractivity contribution >= 4 is 35.1 Å². The topological polar surface area (TPSA) is 91.9 Å². The molecular formula is C14H19ClN4O4. The maximum absolute atomic E-state index is 12.4. The number of hydrogen-bond acceptors (Lipinski definition) is 5. The van der Waals surface area contributed by atoms with Crippen LogP contribution in [0.3, 0.4) is 0 Å². The molecule has 0 bridgehead atoms. The molecule has 2 rings (SSSR count). The predicted molar refractivity (Wildman–Crippen MR) is 86.7 cm³/mol. The molecule has 0 saturated heterocycles. The number of urea groups is 1. The zero-order valence-electron chi connectivity index (χ0n) is 12.9. The Hall–Kier alpha value is -2.19. The number of rotatable bonds is 5. The number of ether oxygens (including phenoxy) is 2. The number of nitrogens with zero attached hydrogens (tertiary/aromatic N) is 1. The van der Waals surface area contributed by atoms with Gasteiger partial charge in [0.25, 0.3) is 0 Å². The van der Waals surface area contributed by atoms with Crippen LogP contribution in [0.5, 0.6) is 0 Å². The lowest BCUT2D eigenvalue weighted by Gasteiger charge is -2.25. The van der Waals surface area contributed by atoms with Crippen molar-refractivity contribution in [2.75, 3.05) is 36.5 Å². The van der Waals surface area contributed by atoms with Crippen molar-refractivity contribution in [3.8, 4) is 0 Å². The van der Waals surface area contributed by atoms with Crippen LogP contribution in [0.25, 0.3) is 0 Å². The minimum atomic E-state index is -0.757. The highest BCUT2D eigenvalue weighted by Crippen LogP contribution is 2.34. The molecule has 1 aliphatic rings. The molecule has 9 heteroatoms. The number of hydrogen-bond donors (Lipinski definition) is 3. The van der Waals surface area contributed by atoms with E-state index in [1.807, 2.05) is 19.1 Å². The maximum atomic E-state index is 12.4. The van der Waals surface area contributed by atoms with E-state index in [1.54, 1.807) is 6.07 Å². The largest absolute Gasteiger partial charge is 0.453 e. The molecule has 0 aliphatic carbocycles. The Labute approximate surface area is 139 Å². The molecule has 0 radical (unpaired) electrons. The maximum Gasteiger partial charge on any atom is 0.409 e. The summed E-state index contributed by atoms with van der Waals surface area (Å²) in [7, 11) is 1.26. The molecule has 8 nitrogen and oxygen atoms in total. The Morgan fingerprint density at radius 1 is 1.43 bits per heavy atom. The van der Waals surface area contributed by atoms with Crippen molar-refractivity contribution in [2.45, 2.75) is 13.2 Å². The number of amides is 3. The van der Waals surface area contributed by atoms with Gasteiger partial charge in [-0.05, 0) is 24.6 Å². The summed E-state index contributed by atoms with van der Waals surface area (Å²) in [6.07, 6.45) is -1.41. The van der Waals surface area contributed by atoms with Gasteiger partial charge < -0.3 is 20.1 Å². The van der Waals surface area contributed by atoms with Gasteiger partial charge in [-0.1, -0.05) is 6.07 Å². The van der Waals surface area contributed by atoms with Crippen LogP contribution < -0.4 is 20.9 Å². The lowest BCUT2D eigenvalue weighted by molar-refractivity contribution is 0.134. The van der Waals surface area contributed by atoms with E-state index in [9.17, 15) is 9.59 Å². The highest BCUT2D eigenvalue weighted by molar-refractivity contribution is 6.17. The molecule has 1 aromatic rings. The average molecular weight is 343 g/mol. The number of aryl methyl sites for hydroxylation is 1. The van der Waals surface area contributed by atoms with Crippen LogP contribution in [0.1, 0.15) is 5.56 Å². The molecule has 1 aliphatic heterocycles. The number of benzene rings is 1. The van der Waals surface area contributed by atoms with Crippen LogP contribution in [0.15, 0.2) is 18.2 Å². The number of nitrogens with one attached hydrogen (secondary N) is 3. The number of fused-ring (bicyclic) bond motifs is 1. The molecule has 1 unspecified atom stereocenters. The number of halogens is 1. The van der Waals surface area contributed by atoms with Gasteiger partial charge in [0, 0.05) is 5.88 Å². The first-order valence-electron chi connectivity index (χ1n) is 6.99. The highest BCUT2D eigenvalue weighted by Gasteiger charge is 2.34. The number of alkyl carbamates (subject to hydrolysis) is 1. The number of methoxy groups -OCH3 is 1. The van der Waals surface area contributed by atoms with E-state index >= 15 is 0 Å². The molecule has 0 aromatic heterocycles. The fourth-order valence-electron chi connectivity index (χ4n) is 2.15. The lowest BCUT2D eigenvalue weighted by atomic mass is 10.2. The molecule has 23 heavy (non-hydrogen) atoms. The van der Waals surface area contributed by atoms with Crippen LogP contribution in [-0.2, 0) is 9.47 Å². The van der Waals surface area contributed by atoms with Gasteiger partial charge in [-0.2, -0.15) is 0 Å². The zero-order valence-corrected chi connectivity index (χ0v) is 13.6. The van der Waals surface area contributed by atoms with E-state index in [0.29, 0.717) is 18.2 Å². The summed E-state index contributed by atoms with van der Waals surface area (Å²) in [5.74, 6) is 0.343. The van der Waals surface area contributed by atoms with Crippen molar-refractivity contribution in [3.63, 3.8) is 0 Å². The number of anilines is 2. The summed E-state index contributed by atoms with van der Waals surface area (Å²) in [4.78, 5) is 25.3. The van der Waals surface area contributed by atoms with Gasteiger partial charge in [0.2, 0.25) is 0 Å². The monoisotopic (exact) mass is 342 g/mol. The second-order valence-corrected chi connectivity index (χ2v) is 5.17. The number of alkyl halides is 1. The van der Waals surface area contributed by atoms with Gasteiger partial charge in [0.05, 0.1) is 25.1 Å². The van der Waals surface area contributed by atoms with Gasteiger partial charge >= 0.3 is 12.1 Å². The van der Waals surface area contributed by atoms with Gasteiger partial charge in [-0.3, -0.25) is 10.2 Å². The third-order valence-corrected chi connectivity index (χ3v) is 3.32. The van der Waals surface area contributed by atoms with Crippen molar-refractivity contribution in [2.24, 2.45) is 0 Å². The van der Waals surface area contributed by atoms with E-state index in [2.05, 4.69) is 20.7 Å². The fraction of sp³-hybridized carbons (Fsp3) is 0.429. The van der Waals surface area contributed by atoms with Crippen LogP contribution >= 0.6 is 11.6 Å². The molecule has 0 fully saturated rings. The second kappa shape index (κ2) is 7.89. The molecule has 0 saturated carbocycles. The summed E-state index contributed by atoms with van der Waals surface area (Å²) >= 11 is 5.50. The first kappa shape index (κ1) is 17.2. The van der Waals surface area contributed by atoms with Crippen LogP contribution in [0.2, 0.25) is 0 Å².